The molecule has 1 aromatic carbocycles. The van der Waals surface area contributed by atoms with Gasteiger partial charge in [0.25, 0.3) is 0 Å². The average molecular weight is 319 g/mol. The molecule has 90 valence electrons. The quantitative estimate of drug-likeness (QED) is 0.937. The number of halogens is 3. The van der Waals surface area contributed by atoms with E-state index in [1.807, 2.05) is 17.8 Å². The molecule has 2 aromatic rings. The van der Waals surface area contributed by atoms with Crippen LogP contribution in [0.25, 0.3) is 0 Å². The zero-order valence-electron chi connectivity index (χ0n) is 9.04. The normalized spacial score (nSPS) is 10.6. The number of nitrogens with zero attached hydrogens (tertiary/aromatic N) is 2. The zero-order valence-corrected chi connectivity index (χ0v) is 11.4. The third-order valence-electron chi connectivity index (χ3n) is 2.35. The van der Waals surface area contributed by atoms with Crippen molar-refractivity contribution in [3.05, 3.63) is 45.7 Å². The van der Waals surface area contributed by atoms with Gasteiger partial charge in [0.2, 0.25) is 0 Å². The first kappa shape index (κ1) is 12.4. The summed E-state index contributed by atoms with van der Waals surface area (Å²) < 4.78 is 15.5. The van der Waals surface area contributed by atoms with E-state index >= 15 is 0 Å². The van der Waals surface area contributed by atoms with Crippen LogP contribution in [0.15, 0.2) is 29.0 Å². The van der Waals surface area contributed by atoms with Crippen LogP contribution >= 0.6 is 27.5 Å². The fourth-order valence-corrected chi connectivity index (χ4v) is 2.40. The van der Waals surface area contributed by atoms with Gasteiger partial charge >= 0.3 is 0 Å². The second-order valence-electron chi connectivity index (χ2n) is 3.55. The number of hydrogen-bond acceptors (Lipinski definition) is 2. The highest BCUT2D eigenvalue weighted by molar-refractivity contribution is 9.10. The predicted molar refractivity (Wildman–Crippen MR) is 69.6 cm³/mol. The lowest BCUT2D eigenvalue weighted by Crippen LogP contribution is -2.06. The second kappa shape index (κ2) is 5.06. The van der Waals surface area contributed by atoms with Crippen molar-refractivity contribution in [2.45, 2.75) is 6.54 Å². The van der Waals surface area contributed by atoms with Crippen LogP contribution in [0.2, 0.25) is 5.02 Å². The summed E-state index contributed by atoms with van der Waals surface area (Å²) in [6, 6.07) is 2.64. The Morgan fingerprint density at radius 1 is 1.53 bits per heavy atom. The second-order valence-corrected chi connectivity index (χ2v) is 4.81. The minimum Gasteiger partial charge on any atom is -0.376 e. The van der Waals surface area contributed by atoms with E-state index < -0.39 is 0 Å². The minimum absolute atomic E-state index is 0.339. The van der Waals surface area contributed by atoms with Crippen molar-refractivity contribution in [2.75, 3.05) is 5.32 Å². The molecule has 0 unspecified atom stereocenters. The zero-order chi connectivity index (χ0) is 12.4. The van der Waals surface area contributed by atoms with Gasteiger partial charge in [-0.3, -0.25) is 0 Å². The number of benzene rings is 1. The van der Waals surface area contributed by atoms with Crippen molar-refractivity contribution >= 4 is 33.2 Å². The lowest BCUT2D eigenvalue weighted by atomic mass is 10.3. The molecule has 0 aliphatic heterocycles. The van der Waals surface area contributed by atoms with Crippen LogP contribution in [-0.2, 0) is 13.6 Å². The Labute approximate surface area is 112 Å². The Bertz CT molecular complexity index is 518. The Morgan fingerprint density at radius 3 is 2.88 bits per heavy atom. The largest absolute Gasteiger partial charge is 0.376 e. The molecule has 0 amide bonds. The van der Waals surface area contributed by atoms with Gasteiger partial charge in [0.05, 0.1) is 17.3 Å². The van der Waals surface area contributed by atoms with Crippen LogP contribution in [-0.4, -0.2) is 9.55 Å². The molecule has 17 heavy (non-hydrogen) atoms. The fourth-order valence-electron chi connectivity index (χ4n) is 1.45. The highest BCUT2D eigenvalue weighted by atomic mass is 79.9. The molecule has 0 radical (unpaired) electrons. The number of rotatable bonds is 3. The van der Waals surface area contributed by atoms with Crippen LogP contribution in [0.3, 0.4) is 0 Å². The molecule has 1 aromatic heterocycles. The van der Waals surface area contributed by atoms with Crippen molar-refractivity contribution in [2.24, 2.45) is 7.05 Å². The monoisotopic (exact) mass is 317 g/mol. The summed E-state index contributed by atoms with van der Waals surface area (Å²) in [6.45, 7) is 0.521. The van der Waals surface area contributed by atoms with Crippen LogP contribution in [0.4, 0.5) is 10.1 Å². The summed E-state index contributed by atoms with van der Waals surface area (Å²) in [7, 11) is 1.91. The SMILES string of the molecule is Cn1ccnc1CNc1c(Cl)cc(F)cc1Br. The first-order valence-corrected chi connectivity index (χ1v) is 6.09. The molecule has 1 heterocycles. The Balaban J connectivity index is 2.17. The number of aromatic nitrogens is 2. The molecule has 0 atom stereocenters. The molecular weight excluding hydrogens is 308 g/mol. The predicted octanol–water partition coefficient (Wildman–Crippen LogP) is 3.59. The van der Waals surface area contributed by atoms with E-state index in [9.17, 15) is 4.39 Å². The molecule has 0 aliphatic carbocycles. The fraction of sp³-hybridized carbons (Fsp3) is 0.182. The number of hydrogen-bond donors (Lipinski definition) is 1. The van der Waals surface area contributed by atoms with E-state index in [2.05, 4.69) is 26.2 Å². The Morgan fingerprint density at radius 2 is 2.29 bits per heavy atom. The van der Waals surface area contributed by atoms with E-state index in [1.165, 1.54) is 12.1 Å². The molecule has 0 spiro atoms. The topological polar surface area (TPSA) is 29.9 Å². The number of nitrogens with one attached hydrogen (secondary N) is 1. The summed E-state index contributed by atoms with van der Waals surface area (Å²) in [6.07, 6.45) is 3.58. The van der Waals surface area contributed by atoms with Crippen LogP contribution in [0, 0.1) is 5.82 Å². The van der Waals surface area contributed by atoms with Gasteiger partial charge in [0.15, 0.2) is 0 Å². The van der Waals surface area contributed by atoms with Crippen LogP contribution < -0.4 is 5.32 Å². The van der Waals surface area contributed by atoms with Gasteiger partial charge < -0.3 is 9.88 Å². The third-order valence-corrected chi connectivity index (χ3v) is 3.27. The third kappa shape index (κ3) is 2.79. The van der Waals surface area contributed by atoms with Crippen molar-refractivity contribution in [1.82, 2.24) is 9.55 Å². The average Bonchev–Trinajstić information content (AvgIpc) is 2.62. The lowest BCUT2D eigenvalue weighted by Gasteiger charge is -2.10. The van der Waals surface area contributed by atoms with Crippen LogP contribution in [0.1, 0.15) is 5.82 Å². The van der Waals surface area contributed by atoms with Crippen molar-refractivity contribution < 1.29 is 4.39 Å². The highest BCUT2D eigenvalue weighted by Crippen LogP contribution is 2.31. The summed E-state index contributed by atoms with van der Waals surface area (Å²) >= 11 is 9.22. The first-order chi connectivity index (χ1) is 8.08. The van der Waals surface area contributed by atoms with Gasteiger partial charge in [-0.15, -0.1) is 0 Å². The van der Waals surface area contributed by atoms with Crippen molar-refractivity contribution in [3.63, 3.8) is 0 Å². The van der Waals surface area contributed by atoms with Gasteiger partial charge in [-0.05, 0) is 28.1 Å². The van der Waals surface area contributed by atoms with Crippen molar-refractivity contribution in [1.29, 1.82) is 0 Å². The van der Waals surface area contributed by atoms with E-state index in [0.29, 0.717) is 21.7 Å². The van der Waals surface area contributed by atoms with E-state index in [4.69, 9.17) is 11.6 Å². The molecule has 0 fully saturated rings. The molecule has 0 bridgehead atoms. The lowest BCUT2D eigenvalue weighted by molar-refractivity contribution is 0.627. The van der Waals surface area contributed by atoms with Crippen molar-refractivity contribution in [3.8, 4) is 0 Å². The van der Waals surface area contributed by atoms with Crippen LogP contribution in [0.5, 0.6) is 0 Å². The maximum atomic E-state index is 13.0. The van der Waals surface area contributed by atoms with Gasteiger partial charge in [0, 0.05) is 23.9 Å². The summed E-state index contributed by atoms with van der Waals surface area (Å²) in [5.41, 5.74) is 0.663. The van der Waals surface area contributed by atoms with Gasteiger partial charge in [0.1, 0.15) is 11.6 Å². The number of aryl methyl sites for hydroxylation is 1. The summed E-state index contributed by atoms with van der Waals surface area (Å²) in [5.74, 6) is 0.502. The maximum absolute atomic E-state index is 13.0. The summed E-state index contributed by atoms with van der Waals surface area (Å²) in [4.78, 5) is 4.18. The molecule has 2 rings (SSSR count). The number of imidazole rings is 1. The van der Waals surface area contributed by atoms with Gasteiger partial charge in [-0.1, -0.05) is 11.6 Å². The first-order valence-electron chi connectivity index (χ1n) is 4.92. The van der Waals surface area contributed by atoms with Gasteiger partial charge in [-0.2, -0.15) is 0 Å². The molecule has 1 N–H and O–H groups in total. The standard InChI is InChI=1S/C11H10BrClFN3/c1-17-3-2-15-10(17)6-16-11-8(12)4-7(14)5-9(11)13/h2-5,16H,6H2,1H3. The maximum Gasteiger partial charge on any atom is 0.127 e. The van der Waals surface area contributed by atoms with Gasteiger partial charge in [-0.25, -0.2) is 9.37 Å². The van der Waals surface area contributed by atoms with E-state index in [1.54, 1.807) is 6.20 Å². The summed E-state index contributed by atoms with van der Waals surface area (Å²) in [5, 5.41) is 3.46. The molecule has 0 aliphatic rings. The highest BCUT2D eigenvalue weighted by Gasteiger charge is 2.08. The molecule has 3 nitrogen and oxygen atoms in total. The van der Waals surface area contributed by atoms with E-state index in [-0.39, 0.29) is 5.82 Å². The minimum atomic E-state index is -0.371. The smallest absolute Gasteiger partial charge is 0.127 e. The van der Waals surface area contributed by atoms with E-state index in [0.717, 1.165) is 5.82 Å². The molecular formula is C11H10BrClFN3. The molecule has 0 saturated heterocycles. The molecule has 6 heteroatoms. The number of anilines is 1. The Kier molecular flexibility index (Phi) is 3.69. The molecule has 0 saturated carbocycles. The Hall–Kier alpha value is -1.07.